The molecule has 0 aliphatic heterocycles. The zero-order valence-electron chi connectivity index (χ0n) is 13.7. The number of aromatic amines is 1. The molecule has 0 aliphatic carbocycles. The van der Waals surface area contributed by atoms with Gasteiger partial charge in [-0.05, 0) is 44.9 Å². The van der Waals surface area contributed by atoms with Gasteiger partial charge in [0.1, 0.15) is 5.69 Å². The van der Waals surface area contributed by atoms with Crippen LogP contribution in [-0.2, 0) is 6.42 Å². The fourth-order valence-electron chi connectivity index (χ4n) is 2.05. The van der Waals surface area contributed by atoms with Gasteiger partial charge in [-0.1, -0.05) is 6.07 Å². The van der Waals surface area contributed by atoms with Crippen molar-refractivity contribution in [3.63, 3.8) is 0 Å². The van der Waals surface area contributed by atoms with Crippen molar-refractivity contribution in [1.29, 1.82) is 0 Å². The largest absolute Gasteiger partial charge is 0.490 e. The Labute approximate surface area is 135 Å². The Kier molecular flexibility index (Phi) is 5.96. The summed E-state index contributed by atoms with van der Waals surface area (Å²) >= 11 is 0. The number of aryl methyl sites for hydroxylation is 1. The monoisotopic (exact) mass is 318 g/mol. The number of aromatic nitrogens is 3. The first-order valence-electron chi connectivity index (χ1n) is 7.70. The first-order valence-corrected chi connectivity index (χ1v) is 7.70. The highest BCUT2D eigenvalue weighted by molar-refractivity contribution is 5.43. The molecule has 124 valence electrons. The van der Waals surface area contributed by atoms with E-state index in [0.717, 1.165) is 23.5 Å². The third kappa shape index (κ3) is 4.70. The molecule has 0 unspecified atom stereocenters. The average molecular weight is 318 g/mol. The first kappa shape index (κ1) is 16.8. The van der Waals surface area contributed by atoms with Gasteiger partial charge in [0.25, 0.3) is 5.56 Å². The van der Waals surface area contributed by atoms with Crippen molar-refractivity contribution in [3.05, 3.63) is 39.8 Å². The highest BCUT2D eigenvalue weighted by Gasteiger charge is 2.06. The zero-order valence-corrected chi connectivity index (χ0v) is 13.7. The Hall–Kier alpha value is -2.57. The lowest BCUT2D eigenvalue weighted by molar-refractivity contribution is 0.287. The summed E-state index contributed by atoms with van der Waals surface area (Å²) in [5.74, 6) is 1.87. The van der Waals surface area contributed by atoms with E-state index < -0.39 is 0 Å². The minimum absolute atomic E-state index is 0.234. The van der Waals surface area contributed by atoms with Crippen LogP contribution in [0.2, 0.25) is 0 Å². The Balaban J connectivity index is 1.98. The molecule has 0 aliphatic rings. The van der Waals surface area contributed by atoms with Crippen LogP contribution in [0.1, 0.15) is 25.1 Å². The molecule has 7 heteroatoms. The van der Waals surface area contributed by atoms with Crippen LogP contribution in [0.25, 0.3) is 0 Å². The SMILES string of the molecule is CCOc1ccc(CCNc2nnc(C)c(=O)[nH]2)cc1OCC. The van der Waals surface area contributed by atoms with Crippen LogP contribution in [0.3, 0.4) is 0 Å². The van der Waals surface area contributed by atoms with E-state index in [4.69, 9.17) is 9.47 Å². The molecule has 0 fully saturated rings. The van der Waals surface area contributed by atoms with E-state index >= 15 is 0 Å². The van der Waals surface area contributed by atoms with Crippen LogP contribution in [-0.4, -0.2) is 34.9 Å². The fourth-order valence-corrected chi connectivity index (χ4v) is 2.05. The van der Waals surface area contributed by atoms with Crippen LogP contribution >= 0.6 is 0 Å². The highest BCUT2D eigenvalue weighted by atomic mass is 16.5. The zero-order chi connectivity index (χ0) is 16.7. The predicted molar refractivity (Wildman–Crippen MR) is 88.4 cm³/mol. The van der Waals surface area contributed by atoms with Crippen molar-refractivity contribution in [2.75, 3.05) is 25.1 Å². The highest BCUT2D eigenvalue weighted by Crippen LogP contribution is 2.28. The van der Waals surface area contributed by atoms with E-state index in [-0.39, 0.29) is 5.56 Å². The van der Waals surface area contributed by atoms with E-state index in [2.05, 4.69) is 20.5 Å². The number of ether oxygens (including phenoxy) is 2. The molecule has 0 amide bonds. The smallest absolute Gasteiger partial charge is 0.273 e. The Bertz CT molecular complexity index is 700. The van der Waals surface area contributed by atoms with E-state index in [1.165, 1.54) is 0 Å². The first-order chi connectivity index (χ1) is 11.1. The molecule has 0 saturated carbocycles. The maximum Gasteiger partial charge on any atom is 0.273 e. The molecule has 0 bridgehead atoms. The summed E-state index contributed by atoms with van der Waals surface area (Å²) in [6, 6.07) is 5.88. The second kappa shape index (κ2) is 8.17. The lowest BCUT2D eigenvalue weighted by atomic mass is 10.1. The maximum absolute atomic E-state index is 11.5. The van der Waals surface area contributed by atoms with Crippen LogP contribution in [0, 0.1) is 6.92 Å². The van der Waals surface area contributed by atoms with Crippen LogP contribution in [0.15, 0.2) is 23.0 Å². The summed E-state index contributed by atoms with van der Waals surface area (Å²) in [7, 11) is 0. The van der Waals surface area contributed by atoms with E-state index in [1.54, 1.807) is 6.92 Å². The lowest BCUT2D eigenvalue weighted by Crippen LogP contribution is -2.18. The van der Waals surface area contributed by atoms with Gasteiger partial charge < -0.3 is 14.8 Å². The molecule has 2 rings (SSSR count). The number of rotatable bonds is 8. The van der Waals surface area contributed by atoms with Gasteiger partial charge in [0.15, 0.2) is 11.5 Å². The Morgan fingerprint density at radius 1 is 1.13 bits per heavy atom. The van der Waals surface area contributed by atoms with Gasteiger partial charge >= 0.3 is 0 Å². The summed E-state index contributed by atoms with van der Waals surface area (Å²) in [6.45, 7) is 7.30. The summed E-state index contributed by atoms with van der Waals surface area (Å²) < 4.78 is 11.2. The van der Waals surface area contributed by atoms with E-state index in [9.17, 15) is 4.79 Å². The molecule has 1 aromatic carbocycles. The summed E-state index contributed by atoms with van der Waals surface area (Å²) in [5, 5.41) is 10.7. The van der Waals surface area contributed by atoms with Gasteiger partial charge in [-0.3, -0.25) is 9.78 Å². The normalized spacial score (nSPS) is 10.4. The molecule has 0 saturated heterocycles. The molecule has 7 nitrogen and oxygen atoms in total. The van der Waals surface area contributed by atoms with Crippen LogP contribution in [0.4, 0.5) is 5.95 Å². The predicted octanol–water partition coefficient (Wildman–Crippen LogP) is 1.93. The summed E-state index contributed by atoms with van der Waals surface area (Å²) in [5.41, 5.74) is 1.22. The number of H-pyrrole nitrogens is 1. The molecule has 23 heavy (non-hydrogen) atoms. The molecule has 1 heterocycles. The summed E-state index contributed by atoms with van der Waals surface area (Å²) in [6.07, 6.45) is 0.754. The van der Waals surface area contributed by atoms with Gasteiger partial charge in [-0.2, -0.15) is 0 Å². The molecule has 0 spiro atoms. The number of nitrogens with zero attached hydrogens (tertiary/aromatic N) is 2. The van der Waals surface area contributed by atoms with Crippen molar-refractivity contribution in [2.45, 2.75) is 27.2 Å². The van der Waals surface area contributed by atoms with E-state index in [0.29, 0.717) is 31.4 Å². The molecule has 2 aromatic rings. The van der Waals surface area contributed by atoms with Crippen molar-refractivity contribution in [2.24, 2.45) is 0 Å². The lowest BCUT2D eigenvalue weighted by Gasteiger charge is -2.12. The Morgan fingerprint density at radius 2 is 1.87 bits per heavy atom. The molecular weight excluding hydrogens is 296 g/mol. The van der Waals surface area contributed by atoms with Gasteiger partial charge in [0, 0.05) is 6.54 Å². The van der Waals surface area contributed by atoms with Gasteiger partial charge in [-0.25, -0.2) is 0 Å². The topological polar surface area (TPSA) is 89.1 Å². The number of hydrogen-bond donors (Lipinski definition) is 2. The third-order valence-electron chi connectivity index (χ3n) is 3.17. The molecule has 0 atom stereocenters. The number of nitrogens with one attached hydrogen (secondary N) is 2. The average Bonchev–Trinajstić information content (AvgIpc) is 2.54. The fraction of sp³-hybridized carbons (Fsp3) is 0.438. The van der Waals surface area contributed by atoms with Crippen molar-refractivity contribution in [1.82, 2.24) is 15.2 Å². The van der Waals surface area contributed by atoms with Crippen molar-refractivity contribution >= 4 is 5.95 Å². The van der Waals surface area contributed by atoms with Gasteiger partial charge in [0.05, 0.1) is 13.2 Å². The molecule has 1 aromatic heterocycles. The standard InChI is InChI=1S/C16H22N4O3/c1-4-22-13-7-6-12(10-14(13)23-5-2)8-9-17-16-18-15(21)11(3)19-20-16/h6-7,10H,4-5,8-9H2,1-3H3,(H2,17,18,20,21). The number of hydrogen-bond acceptors (Lipinski definition) is 6. The van der Waals surface area contributed by atoms with Crippen molar-refractivity contribution < 1.29 is 9.47 Å². The summed E-state index contributed by atoms with van der Waals surface area (Å²) in [4.78, 5) is 14.1. The maximum atomic E-state index is 11.5. The van der Waals surface area contributed by atoms with Crippen LogP contribution < -0.4 is 20.3 Å². The minimum atomic E-state index is -0.234. The van der Waals surface area contributed by atoms with Gasteiger partial charge in [0.2, 0.25) is 5.95 Å². The number of benzene rings is 1. The van der Waals surface area contributed by atoms with Crippen LogP contribution in [0.5, 0.6) is 11.5 Å². The molecule has 0 radical (unpaired) electrons. The quantitative estimate of drug-likeness (QED) is 0.773. The second-order valence-corrected chi connectivity index (χ2v) is 4.91. The Morgan fingerprint density at radius 3 is 2.57 bits per heavy atom. The minimum Gasteiger partial charge on any atom is -0.490 e. The number of anilines is 1. The van der Waals surface area contributed by atoms with Gasteiger partial charge in [-0.15, -0.1) is 10.2 Å². The molecule has 2 N–H and O–H groups in total. The van der Waals surface area contributed by atoms with E-state index in [1.807, 2.05) is 32.0 Å². The second-order valence-electron chi connectivity index (χ2n) is 4.91. The third-order valence-corrected chi connectivity index (χ3v) is 3.17. The van der Waals surface area contributed by atoms with Crippen molar-refractivity contribution in [3.8, 4) is 11.5 Å². The molecular formula is C16H22N4O3.